The fraction of sp³-hybridized carbons (Fsp3) is 0.250. The molecule has 0 aromatic carbocycles. The van der Waals surface area contributed by atoms with Gasteiger partial charge in [0.05, 0.1) is 0 Å². The summed E-state index contributed by atoms with van der Waals surface area (Å²) in [5, 5.41) is 25.1. The summed E-state index contributed by atoms with van der Waals surface area (Å²) in [6.07, 6.45) is 1.57. The molecule has 4 rings (SSSR count). The van der Waals surface area contributed by atoms with E-state index >= 15 is 0 Å². The number of carbonyl (C=O) groups excluding carboxylic acids is 2. The summed E-state index contributed by atoms with van der Waals surface area (Å²) in [6.45, 7) is 0.466. The van der Waals surface area contributed by atoms with Gasteiger partial charge < -0.3 is 27.1 Å². The number of aromatic nitrogens is 3. The molecular weight excluding hydrogens is 528 g/mol. The highest BCUT2D eigenvalue weighted by Crippen LogP contribution is 2.44. The highest BCUT2D eigenvalue weighted by molar-refractivity contribution is 8.06. The molecule has 0 bridgehead atoms. The predicted octanol–water partition coefficient (Wildman–Crippen LogP) is 0.171. The van der Waals surface area contributed by atoms with Gasteiger partial charge in [0.25, 0.3) is 11.8 Å². The largest absolute Gasteiger partial charge is 0.477 e. The molecule has 7 N–H and O–H groups in total. The minimum Gasteiger partial charge on any atom is -0.477 e. The van der Waals surface area contributed by atoms with Gasteiger partial charge in [0.1, 0.15) is 33.7 Å². The number of carbonyl (C=O) groups is 3. The Morgan fingerprint density at radius 1 is 1.31 bits per heavy atom. The van der Waals surface area contributed by atoms with Crippen LogP contribution in [0.3, 0.4) is 0 Å². The second-order valence-electron chi connectivity index (χ2n) is 7.25. The van der Waals surface area contributed by atoms with Crippen LogP contribution in [0.1, 0.15) is 5.69 Å². The van der Waals surface area contributed by atoms with Gasteiger partial charge in [-0.05, 0) is 18.2 Å². The van der Waals surface area contributed by atoms with Crippen molar-refractivity contribution in [2.75, 3.05) is 23.8 Å². The maximum Gasteiger partial charge on any atom is 0.353 e. The van der Waals surface area contributed by atoms with E-state index < -0.39 is 34.9 Å². The number of β-lactam (4-membered cyclic amide) rings is 1. The third kappa shape index (κ3) is 5.25. The van der Waals surface area contributed by atoms with Crippen LogP contribution in [0, 0.1) is 0 Å². The molecular formula is C20H20N8O5S3. The Morgan fingerprint density at radius 2 is 2.11 bits per heavy atom. The van der Waals surface area contributed by atoms with E-state index in [1.54, 1.807) is 12.3 Å². The Labute approximate surface area is 217 Å². The second kappa shape index (κ2) is 11.2. The number of pyridine rings is 1. The number of rotatable bonds is 9. The summed E-state index contributed by atoms with van der Waals surface area (Å²) < 4.78 is 0. The number of carboxylic acid groups (broad SMARTS) is 1. The number of anilines is 1. The molecule has 4 heterocycles. The van der Waals surface area contributed by atoms with E-state index in [1.165, 1.54) is 41.7 Å². The summed E-state index contributed by atoms with van der Waals surface area (Å²) in [4.78, 5) is 51.9. The molecule has 2 aromatic heterocycles. The monoisotopic (exact) mass is 548 g/mol. The van der Waals surface area contributed by atoms with Crippen molar-refractivity contribution in [2.24, 2.45) is 10.9 Å². The molecule has 2 aliphatic heterocycles. The Balaban J connectivity index is 1.51. The average Bonchev–Trinajstić information content (AvgIpc) is 2.86. The van der Waals surface area contributed by atoms with Crippen LogP contribution in [-0.4, -0.2) is 83.1 Å². The predicted molar refractivity (Wildman–Crippen MR) is 134 cm³/mol. The molecule has 16 heteroatoms. The molecule has 13 nitrogen and oxygen atoms in total. The summed E-state index contributed by atoms with van der Waals surface area (Å²) in [7, 11) is 0. The highest BCUT2D eigenvalue weighted by Gasteiger charge is 2.54. The number of thioether (sulfide) groups is 3. The molecule has 2 aromatic rings. The number of hydrogen-bond acceptors (Lipinski definition) is 13. The van der Waals surface area contributed by atoms with Crippen LogP contribution in [0.4, 0.5) is 5.82 Å². The van der Waals surface area contributed by atoms with E-state index in [4.69, 9.17) is 11.5 Å². The van der Waals surface area contributed by atoms with Crippen molar-refractivity contribution < 1.29 is 24.7 Å². The first-order chi connectivity index (χ1) is 17.3. The number of nitrogens with zero attached hydrogens (tertiary/aromatic N) is 5. The number of nitrogens with one attached hydrogen (secondary N) is 1. The van der Waals surface area contributed by atoms with E-state index in [-0.39, 0.29) is 23.0 Å². The Kier molecular flexibility index (Phi) is 7.97. The zero-order valence-corrected chi connectivity index (χ0v) is 20.8. The fourth-order valence-corrected chi connectivity index (χ4v) is 6.49. The number of nitrogen functional groups attached to an aromatic ring is 1. The van der Waals surface area contributed by atoms with Gasteiger partial charge in [-0.25, -0.2) is 19.7 Å². The number of nitrogens with two attached hydrogens (primary N) is 2. The molecule has 0 aliphatic carbocycles. The maximum absolute atomic E-state index is 12.9. The first-order valence-electron chi connectivity index (χ1n) is 10.3. The molecule has 1 saturated heterocycles. The molecule has 188 valence electrons. The van der Waals surface area contributed by atoms with Gasteiger partial charge in [0.2, 0.25) is 0 Å². The quantitative estimate of drug-likeness (QED) is 0.0539. The van der Waals surface area contributed by atoms with Crippen LogP contribution in [-0.2, 0) is 14.4 Å². The molecule has 0 spiro atoms. The van der Waals surface area contributed by atoms with Crippen LogP contribution < -0.4 is 16.8 Å². The van der Waals surface area contributed by atoms with E-state index in [2.05, 4.69) is 25.4 Å². The van der Waals surface area contributed by atoms with E-state index in [0.29, 0.717) is 27.4 Å². The molecule has 2 amide bonds. The Morgan fingerprint density at radius 3 is 2.81 bits per heavy atom. The van der Waals surface area contributed by atoms with Crippen molar-refractivity contribution in [1.82, 2.24) is 25.2 Å². The van der Waals surface area contributed by atoms with Crippen LogP contribution in [0.25, 0.3) is 0 Å². The number of oxime groups is 1. The second-order valence-corrected chi connectivity index (χ2v) is 10.5. The van der Waals surface area contributed by atoms with Crippen LogP contribution in [0.2, 0.25) is 0 Å². The Bertz CT molecular complexity index is 1270. The molecule has 0 radical (unpaired) electrons. The number of hydrogen-bond donors (Lipinski definition) is 5. The van der Waals surface area contributed by atoms with Gasteiger partial charge in [-0.1, -0.05) is 34.7 Å². The first-order valence-corrected chi connectivity index (χ1v) is 13.2. The fourth-order valence-electron chi connectivity index (χ4n) is 3.40. The minimum absolute atomic E-state index is 0.0218. The molecule has 1 fully saturated rings. The number of amides is 2. The van der Waals surface area contributed by atoms with Gasteiger partial charge in [-0.2, -0.15) is 0 Å². The van der Waals surface area contributed by atoms with Gasteiger partial charge >= 0.3 is 5.97 Å². The van der Waals surface area contributed by atoms with Crippen molar-refractivity contribution in [3.8, 4) is 0 Å². The van der Waals surface area contributed by atoms with E-state index in [0.717, 1.165) is 16.7 Å². The molecule has 1 unspecified atom stereocenters. The SMILES string of the molecule is NCCSc1nccc(SC2=C(C(=O)O)N3C(=O)[C@@H](NC(=O)/C(=N\O)c4cccc(N)n4)C3SC2)n1. The zero-order chi connectivity index (χ0) is 25.8. The normalized spacial score (nSPS) is 19.5. The number of carboxylic acids is 1. The standard InChI is InChI=1S/C20H20N8O5S3/c21-5-7-34-20-23-6-4-12(25-20)36-10-8-35-18-14(17(30)28(18)15(10)19(31)32)26-16(29)13(27-33)9-2-1-3-11(22)24-9/h1-4,6,14,18,33H,5,7-8,21H2,(H2,22,24)(H,26,29)(H,31,32)/b27-13-/t14-,18?/m1/s1. The molecule has 2 atom stereocenters. The third-order valence-electron chi connectivity index (χ3n) is 4.94. The number of aliphatic carboxylic acids is 1. The van der Waals surface area contributed by atoms with E-state index in [9.17, 15) is 24.7 Å². The summed E-state index contributed by atoms with van der Waals surface area (Å²) >= 11 is 3.82. The zero-order valence-electron chi connectivity index (χ0n) is 18.4. The Hall–Kier alpha value is -3.34. The van der Waals surface area contributed by atoms with Crippen molar-refractivity contribution in [3.63, 3.8) is 0 Å². The summed E-state index contributed by atoms with van der Waals surface area (Å²) in [5.41, 5.74) is 10.6. The highest BCUT2D eigenvalue weighted by atomic mass is 32.2. The molecule has 2 aliphatic rings. The summed E-state index contributed by atoms with van der Waals surface area (Å²) in [6, 6.07) is 5.10. The molecule has 36 heavy (non-hydrogen) atoms. The van der Waals surface area contributed by atoms with Crippen molar-refractivity contribution in [1.29, 1.82) is 0 Å². The lowest BCUT2D eigenvalue weighted by Gasteiger charge is -2.49. The van der Waals surface area contributed by atoms with Gasteiger partial charge in [-0.3, -0.25) is 14.5 Å². The van der Waals surface area contributed by atoms with Crippen molar-refractivity contribution in [3.05, 3.63) is 46.8 Å². The third-order valence-corrected chi connectivity index (χ3v) is 8.31. The first kappa shape index (κ1) is 25.7. The average molecular weight is 549 g/mol. The lowest BCUT2D eigenvalue weighted by molar-refractivity contribution is -0.150. The van der Waals surface area contributed by atoms with Crippen LogP contribution in [0.15, 0.2) is 56.4 Å². The minimum atomic E-state index is -1.27. The van der Waals surface area contributed by atoms with Gasteiger partial charge in [-0.15, -0.1) is 11.8 Å². The lowest BCUT2D eigenvalue weighted by Crippen LogP contribution is -2.71. The van der Waals surface area contributed by atoms with Crippen molar-refractivity contribution >= 4 is 64.6 Å². The maximum atomic E-state index is 12.9. The summed E-state index contributed by atoms with van der Waals surface area (Å²) in [5.74, 6) is -1.69. The van der Waals surface area contributed by atoms with Crippen LogP contribution in [0.5, 0.6) is 0 Å². The number of fused-ring (bicyclic) bond motifs is 1. The smallest absolute Gasteiger partial charge is 0.353 e. The lowest BCUT2D eigenvalue weighted by atomic mass is 10.0. The van der Waals surface area contributed by atoms with Gasteiger partial charge in [0, 0.05) is 29.2 Å². The topological polar surface area (TPSA) is 210 Å². The van der Waals surface area contributed by atoms with E-state index in [1.807, 2.05) is 0 Å². The van der Waals surface area contributed by atoms with Crippen LogP contribution >= 0.6 is 35.3 Å². The van der Waals surface area contributed by atoms with Gasteiger partial charge in [0.15, 0.2) is 10.9 Å². The molecule has 0 saturated carbocycles. The van der Waals surface area contributed by atoms with Crippen molar-refractivity contribution in [2.45, 2.75) is 21.6 Å².